The zero-order chi connectivity index (χ0) is 19.3. The van der Waals surface area contributed by atoms with Gasteiger partial charge in [-0.05, 0) is 29.7 Å². The molecule has 0 bridgehead atoms. The third-order valence-electron chi connectivity index (χ3n) is 4.52. The molecule has 8 heteroatoms. The molecule has 1 aliphatic rings. The monoisotopic (exact) mass is 380 g/mol. The Balaban J connectivity index is 1.29. The average molecular weight is 380 g/mol. The molecule has 8 nitrogen and oxygen atoms in total. The second kappa shape index (κ2) is 8.10. The van der Waals surface area contributed by atoms with E-state index >= 15 is 0 Å². The zero-order valence-corrected chi connectivity index (χ0v) is 15.1. The van der Waals surface area contributed by atoms with Crippen molar-refractivity contribution in [2.24, 2.45) is 0 Å². The molecule has 0 aliphatic carbocycles. The molecule has 3 aromatic rings. The summed E-state index contributed by atoms with van der Waals surface area (Å²) >= 11 is 0. The van der Waals surface area contributed by atoms with Gasteiger partial charge in [-0.15, -0.1) is 0 Å². The summed E-state index contributed by atoms with van der Waals surface area (Å²) in [4.78, 5) is 24.2. The first-order valence-corrected chi connectivity index (χ1v) is 9.02. The smallest absolute Gasteiger partial charge is 0.291 e. The predicted molar refractivity (Wildman–Crippen MR) is 101 cm³/mol. The van der Waals surface area contributed by atoms with Crippen molar-refractivity contribution in [2.75, 3.05) is 18.5 Å². The second-order valence-corrected chi connectivity index (χ2v) is 6.47. The molecule has 0 spiro atoms. The minimum absolute atomic E-state index is 0.0466. The molecule has 3 heterocycles. The van der Waals surface area contributed by atoms with Gasteiger partial charge in [-0.25, -0.2) is 0 Å². The SMILES string of the molecule is O=C(Cn1cc(NC(=O)c2ccco2)cn1)NCC1OCCc2ccccc21. The number of carbonyl (C=O) groups excluding carboxylic acids is 2. The molecule has 0 saturated heterocycles. The van der Waals surface area contributed by atoms with Gasteiger partial charge in [0.2, 0.25) is 5.91 Å². The third kappa shape index (κ3) is 4.12. The lowest BCUT2D eigenvalue weighted by Crippen LogP contribution is -2.34. The fourth-order valence-corrected chi connectivity index (χ4v) is 3.17. The van der Waals surface area contributed by atoms with E-state index in [-0.39, 0.29) is 30.2 Å². The van der Waals surface area contributed by atoms with Gasteiger partial charge in [0, 0.05) is 12.7 Å². The Bertz CT molecular complexity index is 964. The summed E-state index contributed by atoms with van der Waals surface area (Å²) in [6, 6.07) is 11.3. The Morgan fingerprint density at radius 2 is 2.11 bits per heavy atom. The average Bonchev–Trinajstić information content (AvgIpc) is 3.39. The van der Waals surface area contributed by atoms with Crippen LogP contribution in [0.1, 0.15) is 27.8 Å². The lowest BCUT2D eigenvalue weighted by molar-refractivity contribution is -0.122. The first-order chi connectivity index (χ1) is 13.7. The maximum Gasteiger partial charge on any atom is 0.291 e. The highest BCUT2D eigenvalue weighted by Gasteiger charge is 2.21. The maximum absolute atomic E-state index is 12.3. The molecule has 0 radical (unpaired) electrons. The molecule has 1 aliphatic heterocycles. The number of hydrogen-bond acceptors (Lipinski definition) is 5. The number of carbonyl (C=O) groups is 2. The van der Waals surface area contributed by atoms with Gasteiger partial charge in [-0.2, -0.15) is 5.10 Å². The topological polar surface area (TPSA) is 98.4 Å². The van der Waals surface area contributed by atoms with Crippen molar-refractivity contribution < 1.29 is 18.7 Å². The van der Waals surface area contributed by atoms with Crippen molar-refractivity contribution >= 4 is 17.5 Å². The van der Waals surface area contributed by atoms with Gasteiger partial charge in [-0.1, -0.05) is 24.3 Å². The van der Waals surface area contributed by atoms with E-state index in [1.54, 1.807) is 18.3 Å². The zero-order valence-electron chi connectivity index (χ0n) is 15.1. The molecule has 2 amide bonds. The standard InChI is InChI=1S/C20H20N4O4/c25-19(21-11-18-16-5-2-1-4-14(16)7-9-28-18)13-24-12-15(10-22-24)23-20(26)17-6-3-8-27-17/h1-6,8,10,12,18H,7,9,11,13H2,(H,21,25)(H,23,26). The van der Waals surface area contributed by atoms with Crippen LogP contribution in [-0.4, -0.2) is 34.7 Å². The van der Waals surface area contributed by atoms with Crippen LogP contribution in [0.25, 0.3) is 0 Å². The van der Waals surface area contributed by atoms with E-state index in [1.807, 2.05) is 18.2 Å². The predicted octanol–water partition coefficient (Wildman–Crippen LogP) is 2.16. The largest absolute Gasteiger partial charge is 0.459 e. The molecule has 4 rings (SSSR count). The van der Waals surface area contributed by atoms with Crippen molar-refractivity contribution in [3.63, 3.8) is 0 Å². The number of ether oxygens (including phenoxy) is 1. The number of amides is 2. The molecule has 0 fully saturated rings. The van der Waals surface area contributed by atoms with Crippen LogP contribution >= 0.6 is 0 Å². The maximum atomic E-state index is 12.3. The van der Waals surface area contributed by atoms with E-state index < -0.39 is 0 Å². The van der Waals surface area contributed by atoms with Crippen LogP contribution in [0.3, 0.4) is 0 Å². The highest BCUT2D eigenvalue weighted by Crippen LogP contribution is 2.26. The molecule has 0 saturated carbocycles. The first-order valence-electron chi connectivity index (χ1n) is 9.02. The second-order valence-electron chi connectivity index (χ2n) is 6.47. The van der Waals surface area contributed by atoms with Crippen LogP contribution in [0.4, 0.5) is 5.69 Å². The molecule has 2 N–H and O–H groups in total. The molecular formula is C20H20N4O4. The van der Waals surface area contributed by atoms with Crippen molar-refractivity contribution in [1.82, 2.24) is 15.1 Å². The number of hydrogen-bond donors (Lipinski definition) is 2. The van der Waals surface area contributed by atoms with Crippen LogP contribution in [0.15, 0.2) is 59.5 Å². The van der Waals surface area contributed by atoms with Crippen LogP contribution in [0.5, 0.6) is 0 Å². The van der Waals surface area contributed by atoms with E-state index in [0.29, 0.717) is 18.8 Å². The Morgan fingerprint density at radius 1 is 1.21 bits per heavy atom. The van der Waals surface area contributed by atoms with E-state index in [2.05, 4.69) is 21.8 Å². The number of anilines is 1. The number of nitrogens with one attached hydrogen (secondary N) is 2. The van der Waals surface area contributed by atoms with Gasteiger partial charge in [-0.3, -0.25) is 14.3 Å². The Labute approximate surface area is 161 Å². The molecule has 1 atom stereocenters. The summed E-state index contributed by atoms with van der Waals surface area (Å²) in [6.07, 6.45) is 5.24. The van der Waals surface area contributed by atoms with E-state index in [9.17, 15) is 9.59 Å². The molecule has 28 heavy (non-hydrogen) atoms. The summed E-state index contributed by atoms with van der Waals surface area (Å²) in [5.74, 6) is -0.348. The number of fused-ring (bicyclic) bond motifs is 1. The molecule has 1 aromatic carbocycles. The van der Waals surface area contributed by atoms with E-state index in [1.165, 1.54) is 22.7 Å². The number of benzene rings is 1. The fraction of sp³-hybridized carbons (Fsp3) is 0.250. The van der Waals surface area contributed by atoms with Crippen molar-refractivity contribution in [3.8, 4) is 0 Å². The Kier molecular flexibility index (Phi) is 5.20. The molecule has 144 valence electrons. The summed E-state index contributed by atoms with van der Waals surface area (Å²) in [7, 11) is 0. The normalized spacial score (nSPS) is 15.6. The van der Waals surface area contributed by atoms with Crippen molar-refractivity contribution in [3.05, 3.63) is 71.9 Å². The number of rotatable bonds is 6. The van der Waals surface area contributed by atoms with Gasteiger partial charge >= 0.3 is 0 Å². The summed E-state index contributed by atoms with van der Waals surface area (Å²) < 4.78 is 12.3. The molecule has 1 unspecified atom stereocenters. The summed E-state index contributed by atoms with van der Waals surface area (Å²) in [5.41, 5.74) is 2.87. The fourth-order valence-electron chi connectivity index (χ4n) is 3.17. The minimum Gasteiger partial charge on any atom is -0.459 e. The van der Waals surface area contributed by atoms with Gasteiger partial charge in [0.15, 0.2) is 5.76 Å². The first kappa shape index (κ1) is 18.0. The van der Waals surface area contributed by atoms with Crippen LogP contribution in [0.2, 0.25) is 0 Å². The van der Waals surface area contributed by atoms with E-state index in [4.69, 9.17) is 9.15 Å². The van der Waals surface area contributed by atoms with Crippen molar-refractivity contribution in [2.45, 2.75) is 19.1 Å². The Hall–Kier alpha value is -3.39. The van der Waals surface area contributed by atoms with Gasteiger partial charge < -0.3 is 19.8 Å². The highest BCUT2D eigenvalue weighted by atomic mass is 16.5. The lowest BCUT2D eigenvalue weighted by atomic mass is 9.97. The van der Waals surface area contributed by atoms with Crippen LogP contribution in [0, 0.1) is 0 Å². The Morgan fingerprint density at radius 3 is 2.96 bits per heavy atom. The van der Waals surface area contributed by atoms with Crippen molar-refractivity contribution in [1.29, 1.82) is 0 Å². The number of furan rings is 1. The minimum atomic E-state index is -0.373. The molecule has 2 aromatic heterocycles. The number of nitrogens with zero attached hydrogens (tertiary/aromatic N) is 2. The lowest BCUT2D eigenvalue weighted by Gasteiger charge is -2.26. The van der Waals surface area contributed by atoms with Crippen LogP contribution in [-0.2, 0) is 22.5 Å². The van der Waals surface area contributed by atoms with E-state index in [0.717, 1.165) is 12.0 Å². The quantitative estimate of drug-likeness (QED) is 0.683. The summed E-state index contributed by atoms with van der Waals surface area (Å²) in [5, 5.41) is 9.65. The molecular weight excluding hydrogens is 360 g/mol. The number of aromatic nitrogens is 2. The highest BCUT2D eigenvalue weighted by molar-refractivity contribution is 6.02. The third-order valence-corrected chi connectivity index (χ3v) is 4.52. The van der Waals surface area contributed by atoms with Crippen LogP contribution < -0.4 is 10.6 Å². The van der Waals surface area contributed by atoms with Gasteiger partial charge in [0.1, 0.15) is 12.6 Å². The summed E-state index contributed by atoms with van der Waals surface area (Å²) in [6.45, 7) is 1.10. The van der Waals surface area contributed by atoms with Gasteiger partial charge in [0.25, 0.3) is 5.91 Å². The van der Waals surface area contributed by atoms with Gasteiger partial charge in [0.05, 0.1) is 24.8 Å².